The van der Waals surface area contributed by atoms with Gasteiger partial charge in [0.2, 0.25) is 0 Å². The molecule has 0 amide bonds. The van der Waals surface area contributed by atoms with Gasteiger partial charge in [0.1, 0.15) is 5.75 Å². The molecule has 2 nitrogen and oxygen atoms in total. The number of ether oxygens (including phenoxy) is 1. The molecule has 1 aromatic carbocycles. The van der Waals surface area contributed by atoms with Gasteiger partial charge in [-0.15, -0.1) is 0 Å². The van der Waals surface area contributed by atoms with E-state index in [4.69, 9.17) is 4.74 Å². The maximum atomic E-state index is 5.30. The van der Waals surface area contributed by atoms with Gasteiger partial charge < -0.3 is 10.1 Å². The molecule has 1 rings (SSSR count). The first-order valence-electron chi connectivity index (χ1n) is 5.16. The van der Waals surface area contributed by atoms with Crippen molar-refractivity contribution in [1.82, 2.24) is 5.32 Å². The predicted molar refractivity (Wildman–Crippen MR) is 67.2 cm³/mol. The van der Waals surface area contributed by atoms with E-state index in [0.29, 0.717) is 5.92 Å². The highest BCUT2D eigenvalue weighted by Gasteiger charge is 2.03. The summed E-state index contributed by atoms with van der Waals surface area (Å²) in [4.78, 5) is 0. The fourth-order valence-corrected chi connectivity index (χ4v) is 1.79. The van der Waals surface area contributed by atoms with Crippen LogP contribution in [0.5, 0.6) is 5.75 Å². The van der Waals surface area contributed by atoms with Gasteiger partial charge >= 0.3 is 0 Å². The lowest BCUT2D eigenvalue weighted by Crippen LogP contribution is -2.19. The Morgan fingerprint density at radius 1 is 1.40 bits per heavy atom. The van der Waals surface area contributed by atoms with Crippen LogP contribution in [0, 0.1) is 5.92 Å². The van der Waals surface area contributed by atoms with Crippen molar-refractivity contribution >= 4 is 15.9 Å². The van der Waals surface area contributed by atoms with Crippen LogP contribution in [-0.2, 0) is 6.54 Å². The Kier molecular flexibility index (Phi) is 5.12. The molecule has 0 bridgehead atoms. The molecule has 0 atom stereocenters. The van der Waals surface area contributed by atoms with Crippen molar-refractivity contribution in [2.24, 2.45) is 5.92 Å². The fraction of sp³-hybridized carbons (Fsp3) is 0.500. The smallest absolute Gasteiger partial charge is 0.123 e. The van der Waals surface area contributed by atoms with Crippen LogP contribution >= 0.6 is 15.9 Å². The summed E-state index contributed by atoms with van der Waals surface area (Å²) in [5.74, 6) is 1.61. The van der Waals surface area contributed by atoms with E-state index in [9.17, 15) is 0 Å². The van der Waals surface area contributed by atoms with Gasteiger partial charge in [0.25, 0.3) is 0 Å². The molecule has 0 aliphatic carbocycles. The lowest BCUT2D eigenvalue weighted by atomic mass is 10.2. The van der Waals surface area contributed by atoms with Crippen LogP contribution in [0.4, 0.5) is 0 Å². The van der Waals surface area contributed by atoms with Crippen LogP contribution in [0.2, 0.25) is 0 Å². The fourth-order valence-electron chi connectivity index (χ4n) is 1.38. The summed E-state index contributed by atoms with van der Waals surface area (Å²) in [6.07, 6.45) is 0. The third kappa shape index (κ3) is 4.22. The van der Waals surface area contributed by atoms with E-state index < -0.39 is 0 Å². The summed E-state index contributed by atoms with van der Waals surface area (Å²) in [6, 6.07) is 6.06. The van der Waals surface area contributed by atoms with Crippen molar-refractivity contribution in [3.63, 3.8) is 0 Å². The summed E-state index contributed by atoms with van der Waals surface area (Å²) in [7, 11) is 1.70. The second kappa shape index (κ2) is 6.13. The average molecular weight is 272 g/mol. The Bertz CT molecular complexity index is 312. The van der Waals surface area contributed by atoms with Gasteiger partial charge in [-0.1, -0.05) is 29.8 Å². The molecular formula is C12H18BrNO. The molecule has 1 N–H and O–H groups in total. The van der Waals surface area contributed by atoms with Crippen LogP contribution < -0.4 is 10.1 Å². The molecule has 0 saturated heterocycles. The van der Waals surface area contributed by atoms with Crippen molar-refractivity contribution in [3.8, 4) is 5.75 Å². The topological polar surface area (TPSA) is 21.3 Å². The molecule has 0 radical (unpaired) electrons. The maximum Gasteiger partial charge on any atom is 0.123 e. The van der Waals surface area contributed by atoms with Crippen molar-refractivity contribution in [3.05, 3.63) is 28.2 Å². The van der Waals surface area contributed by atoms with E-state index >= 15 is 0 Å². The number of benzene rings is 1. The molecule has 0 aromatic heterocycles. The molecule has 3 heteroatoms. The van der Waals surface area contributed by atoms with Crippen molar-refractivity contribution in [2.45, 2.75) is 20.4 Å². The number of rotatable bonds is 5. The Labute approximate surface area is 100 Å². The Morgan fingerprint density at radius 2 is 2.13 bits per heavy atom. The van der Waals surface area contributed by atoms with Gasteiger partial charge in [0.15, 0.2) is 0 Å². The van der Waals surface area contributed by atoms with Crippen LogP contribution in [-0.4, -0.2) is 13.7 Å². The van der Waals surface area contributed by atoms with E-state index in [0.717, 1.165) is 23.3 Å². The van der Waals surface area contributed by atoms with E-state index in [1.807, 2.05) is 12.1 Å². The van der Waals surface area contributed by atoms with Crippen molar-refractivity contribution in [1.29, 1.82) is 0 Å². The van der Waals surface area contributed by atoms with Crippen LogP contribution in [0.1, 0.15) is 19.4 Å². The molecule has 0 heterocycles. The van der Waals surface area contributed by atoms with Crippen LogP contribution in [0.25, 0.3) is 0 Å². The minimum absolute atomic E-state index is 0.670. The molecule has 0 fully saturated rings. The number of hydrogen-bond acceptors (Lipinski definition) is 2. The Morgan fingerprint density at radius 3 is 2.73 bits per heavy atom. The highest BCUT2D eigenvalue weighted by molar-refractivity contribution is 9.10. The summed E-state index contributed by atoms with van der Waals surface area (Å²) in [5, 5.41) is 3.40. The molecule has 0 aliphatic rings. The predicted octanol–water partition coefficient (Wildman–Crippen LogP) is 3.20. The second-order valence-corrected chi connectivity index (χ2v) is 4.90. The summed E-state index contributed by atoms with van der Waals surface area (Å²) >= 11 is 3.46. The molecule has 1 aromatic rings. The lowest BCUT2D eigenvalue weighted by molar-refractivity contribution is 0.406. The average Bonchev–Trinajstić information content (AvgIpc) is 2.17. The monoisotopic (exact) mass is 271 g/mol. The minimum Gasteiger partial charge on any atom is -0.496 e. The van der Waals surface area contributed by atoms with Crippen molar-refractivity contribution in [2.75, 3.05) is 13.7 Å². The summed E-state index contributed by atoms with van der Waals surface area (Å²) < 4.78 is 6.38. The first-order chi connectivity index (χ1) is 7.13. The zero-order valence-electron chi connectivity index (χ0n) is 9.51. The van der Waals surface area contributed by atoms with Gasteiger partial charge in [0.05, 0.1) is 7.11 Å². The van der Waals surface area contributed by atoms with Gasteiger partial charge in [-0.05, 0) is 30.7 Å². The van der Waals surface area contributed by atoms with Gasteiger partial charge in [-0.25, -0.2) is 0 Å². The molecule has 0 spiro atoms. The zero-order valence-corrected chi connectivity index (χ0v) is 11.1. The van der Waals surface area contributed by atoms with E-state index in [1.54, 1.807) is 7.11 Å². The molecule has 0 unspecified atom stereocenters. The SMILES string of the molecule is COc1ccc(Br)cc1CNCC(C)C. The summed E-state index contributed by atoms with van der Waals surface area (Å²) in [6.45, 7) is 6.27. The van der Waals surface area contributed by atoms with Gasteiger partial charge in [-0.3, -0.25) is 0 Å². The van der Waals surface area contributed by atoms with Crippen LogP contribution in [0.15, 0.2) is 22.7 Å². The maximum absolute atomic E-state index is 5.30. The Balaban J connectivity index is 2.62. The molecule has 15 heavy (non-hydrogen) atoms. The lowest BCUT2D eigenvalue weighted by Gasteiger charge is -2.11. The molecule has 84 valence electrons. The highest BCUT2D eigenvalue weighted by Crippen LogP contribution is 2.22. The standard InChI is InChI=1S/C12H18BrNO/c1-9(2)7-14-8-10-6-11(13)4-5-12(10)15-3/h4-6,9,14H,7-8H2,1-3H3. The third-order valence-corrected chi connectivity index (χ3v) is 2.60. The summed E-state index contributed by atoms with van der Waals surface area (Å²) in [5.41, 5.74) is 1.19. The first-order valence-corrected chi connectivity index (χ1v) is 5.96. The number of halogens is 1. The van der Waals surface area contributed by atoms with Crippen molar-refractivity contribution < 1.29 is 4.74 Å². The van der Waals surface area contributed by atoms with E-state index in [2.05, 4.69) is 41.2 Å². The quantitative estimate of drug-likeness (QED) is 0.888. The van der Waals surface area contributed by atoms with E-state index in [-0.39, 0.29) is 0 Å². The van der Waals surface area contributed by atoms with Gasteiger partial charge in [-0.2, -0.15) is 0 Å². The number of hydrogen-bond donors (Lipinski definition) is 1. The number of methoxy groups -OCH3 is 1. The minimum atomic E-state index is 0.670. The zero-order chi connectivity index (χ0) is 11.3. The van der Waals surface area contributed by atoms with Gasteiger partial charge in [0, 0.05) is 16.6 Å². The normalized spacial score (nSPS) is 10.7. The van der Waals surface area contributed by atoms with Crippen LogP contribution in [0.3, 0.4) is 0 Å². The molecule has 0 aliphatic heterocycles. The molecule has 0 saturated carbocycles. The Hall–Kier alpha value is -0.540. The second-order valence-electron chi connectivity index (χ2n) is 3.98. The third-order valence-electron chi connectivity index (χ3n) is 2.11. The highest BCUT2D eigenvalue weighted by atomic mass is 79.9. The number of nitrogens with one attached hydrogen (secondary N) is 1. The van der Waals surface area contributed by atoms with E-state index in [1.165, 1.54) is 5.56 Å². The largest absolute Gasteiger partial charge is 0.496 e. The molecular weight excluding hydrogens is 254 g/mol. The first kappa shape index (κ1) is 12.5.